The van der Waals surface area contributed by atoms with Crippen LogP contribution in [-0.4, -0.2) is 169 Å². The molecule has 6 amide bonds. The molecule has 10 atom stereocenters. The number of rotatable bonds is 8. The number of methoxy groups -OCH3 is 1. The van der Waals surface area contributed by atoms with Gasteiger partial charge in [-0.05, 0) is 77.0 Å². The van der Waals surface area contributed by atoms with Gasteiger partial charge in [0.25, 0.3) is 29.5 Å². The van der Waals surface area contributed by atoms with Crippen LogP contribution in [0.2, 0.25) is 0 Å². The molecule has 4 saturated heterocycles. The lowest BCUT2D eigenvalue weighted by Crippen LogP contribution is -2.70. The summed E-state index contributed by atoms with van der Waals surface area (Å²) in [7, 11) is 1.20. The highest BCUT2D eigenvalue weighted by atomic mass is 16.6. The summed E-state index contributed by atoms with van der Waals surface area (Å²) in [5, 5.41) is 52.5. The fourth-order valence-electron chi connectivity index (χ4n) is 8.03. The molecule has 60 heavy (non-hydrogen) atoms. The quantitative estimate of drug-likeness (QED) is 0.0998. The van der Waals surface area contributed by atoms with Crippen molar-refractivity contribution >= 4 is 41.4 Å². The van der Waals surface area contributed by atoms with Gasteiger partial charge in [0.1, 0.15) is 24.2 Å². The lowest BCUT2D eigenvalue weighted by Gasteiger charge is -2.47. The molecule has 22 nitrogen and oxygen atoms in total. The highest BCUT2D eigenvalue weighted by Gasteiger charge is 2.57. The third-order valence-corrected chi connectivity index (χ3v) is 11.7. The fourth-order valence-corrected chi connectivity index (χ4v) is 8.03. The second kappa shape index (κ2) is 20.2. The van der Waals surface area contributed by atoms with E-state index >= 15 is 0 Å². The number of hydrogen-bond donors (Lipinski definition) is 8. The number of amides is 6. The predicted molar refractivity (Wildman–Crippen MR) is 206 cm³/mol. The number of ether oxygens (including phenoxy) is 3. The molecule has 0 aromatic rings. The van der Waals surface area contributed by atoms with Gasteiger partial charge in [-0.25, -0.2) is 25.8 Å². The van der Waals surface area contributed by atoms with E-state index in [0.29, 0.717) is 25.2 Å². The number of nitrogens with one attached hydrogen (secondary N) is 4. The molecule has 0 aliphatic carbocycles. The molecule has 22 heteroatoms. The summed E-state index contributed by atoms with van der Waals surface area (Å²) in [4.78, 5) is 97.5. The summed E-state index contributed by atoms with van der Waals surface area (Å²) in [6.07, 6.45) is -0.563. The number of nitrogens with zero attached hydrogens (tertiary/aromatic N) is 4. The zero-order valence-corrected chi connectivity index (χ0v) is 35.7. The molecular weight excluding hydrogens is 792 g/mol. The highest BCUT2D eigenvalue weighted by Crippen LogP contribution is 2.40. The Balaban J connectivity index is 1.79. The Labute approximate surface area is 349 Å². The lowest BCUT2D eigenvalue weighted by atomic mass is 9.79. The number of esters is 1. The molecular formula is C38H64N8O14. The predicted octanol–water partition coefficient (Wildman–Crippen LogP) is -1.70. The normalized spacial score (nSPS) is 33.3. The van der Waals surface area contributed by atoms with Crippen LogP contribution >= 0.6 is 0 Å². The number of cyclic esters (lactones) is 1. The number of fused-ring (bicyclic) bond motifs is 2. The van der Waals surface area contributed by atoms with Gasteiger partial charge >= 0.3 is 5.97 Å². The number of hydrazine groups is 2. The first kappa shape index (κ1) is 48.6. The first-order chi connectivity index (χ1) is 28.1. The third-order valence-electron chi connectivity index (χ3n) is 11.7. The van der Waals surface area contributed by atoms with Crippen LogP contribution in [0.5, 0.6) is 0 Å². The van der Waals surface area contributed by atoms with Crippen LogP contribution in [0.3, 0.4) is 0 Å². The van der Waals surface area contributed by atoms with Crippen molar-refractivity contribution in [1.29, 1.82) is 0 Å². The van der Waals surface area contributed by atoms with E-state index in [1.165, 1.54) is 21.0 Å². The maximum Gasteiger partial charge on any atom is 0.331 e. The maximum absolute atomic E-state index is 14.8. The van der Waals surface area contributed by atoms with Crippen LogP contribution in [-0.2, 0) is 47.8 Å². The molecule has 4 heterocycles. The number of hydroxylamine groups is 4. The minimum absolute atomic E-state index is 0.0137. The first-order valence-electron chi connectivity index (χ1n) is 20.6. The Hall–Kier alpha value is -4.03. The van der Waals surface area contributed by atoms with Crippen molar-refractivity contribution in [3.05, 3.63) is 0 Å². The topological polar surface area (TPSA) is 289 Å². The number of aliphatic hydroxyl groups is 2. The molecule has 4 rings (SSSR count). The maximum atomic E-state index is 14.8. The second-order valence-electron chi connectivity index (χ2n) is 17.0. The largest absolute Gasteiger partial charge is 0.458 e. The molecule has 4 fully saturated rings. The van der Waals surface area contributed by atoms with Gasteiger partial charge in [0.2, 0.25) is 11.7 Å². The fraction of sp³-hybridized carbons (Fsp3) is 0.816. The third kappa shape index (κ3) is 10.5. The Morgan fingerprint density at radius 1 is 0.933 bits per heavy atom. The van der Waals surface area contributed by atoms with Crippen LogP contribution in [0.4, 0.5) is 0 Å². The van der Waals surface area contributed by atoms with Gasteiger partial charge in [0.15, 0.2) is 17.7 Å². The van der Waals surface area contributed by atoms with E-state index in [9.17, 15) is 54.2 Å². The summed E-state index contributed by atoms with van der Waals surface area (Å²) < 4.78 is 16.9. The minimum atomic E-state index is -2.72. The van der Waals surface area contributed by atoms with Crippen LogP contribution in [0, 0.1) is 17.8 Å². The Bertz CT molecular complexity index is 1600. The van der Waals surface area contributed by atoms with E-state index in [0.717, 1.165) is 30.3 Å². The number of carbonyl (C=O) groups excluding carboxylic acids is 7. The molecule has 2 unspecified atom stereocenters. The van der Waals surface area contributed by atoms with Gasteiger partial charge in [0.05, 0.1) is 19.3 Å². The molecule has 0 radical (unpaired) electrons. The molecule has 0 saturated carbocycles. The average Bonchev–Trinajstić information content (AvgIpc) is 3.21. The summed E-state index contributed by atoms with van der Waals surface area (Å²) in [5.74, 6) is -10.7. The van der Waals surface area contributed by atoms with Gasteiger partial charge in [-0.1, -0.05) is 27.7 Å². The zero-order valence-electron chi connectivity index (χ0n) is 35.7. The van der Waals surface area contributed by atoms with E-state index in [-0.39, 0.29) is 48.4 Å². The van der Waals surface area contributed by atoms with E-state index in [4.69, 9.17) is 14.2 Å². The van der Waals surface area contributed by atoms with Gasteiger partial charge in [-0.3, -0.25) is 49.2 Å². The summed E-state index contributed by atoms with van der Waals surface area (Å²) >= 11 is 0. The monoisotopic (exact) mass is 856 g/mol. The standard InChI is InChI=1S/C38H64N8O14/c1-20(2)17-24-13-14-38(55,60-23(24)6)37(7,54)36(53)42-29-30(21(3)4)59-35(52)22(5)45(56)32(49)25-11-9-15-40-43(25)28(47)18-39-31(48)27(19-58-8)46(57)33(50)26-12-10-16-41-44(26)34(29)51/h20-27,29-30,40-41,54-57H,9-19H2,1-8H3,(H,39,48)(H,42,53)/t22-,23+,24+,25?,26?,27-,29+,30+,37+,38+/m1/s1. The highest BCUT2D eigenvalue weighted by molar-refractivity contribution is 5.97. The van der Waals surface area contributed by atoms with E-state index in [1.807, 2.05) is 13.8 Å². The van der Waals surface area contributed by atoms with Gasteiger partial charge < -0.3 is 35.1 Å². The van der Waals surface area contributed by atoms with E-state index in [2.05, 4.69) is 21.5 Å². The molecule has 340 valence electrons. The van der Waals surface area contributed by atoms with Crippen molar-refractivity contribution in [1.82, 2.24) is 41.6 Å². The zero-order chi connectivity index (χ0) is 44.9. The number of hydrogen-bond acceptors (Lipinski definition) is 16. The second-order valence-corrected chi connectivity index (χ2v) is 17.0. The summed E-state index contributed by atoms with van der Waals surface area (Å²) in [6.45, 7) is 10.1. The molecule has 8 N–H and O–H groups in total. The van der Waals surface area contributed by atoms with Crippen molar-refractivity contribution in [2.75, 3.05) is 33.4 Å². The van der Waals surface area contributed by atoms with E-state index < -0.39 is 114 Å². The minimum Gasteiger partial charge on any atom is -0.458 e. The average molecular weight is 857 g/mol. The van der Waals surface area contributed by atoms with Gasteiger partial charge in [-0.2, -0.15) is 0 Å². The van der Waals surface area contributed by atoms with Crippen molar-refractivity contribution in [3.8, 4) is 0 Å². The van der Waals surface area contributed by atoms with Gasteiger partial charge in [0, 0.05) is 26.6 Å². The molecule has 0 bridgehead atoms. The van der Waals surface area contributed by atoms with Crippen molar-refractivity contribution in [3.63, 3.8) is 0 Å². The number of carbonyl (C=O) groups is 7. The molecule has 0 spiro atoms. The van der Waals surface area contributed by atoms with E-state index in [1.54, 1.807) is 6.92 Å². The lowest BCUT2D eigenvalue weighted by molar-refractivity contribution is -0.326. The van der Waals surface area contributed by atoms with Crippen LogP contribution in [0.1, 0.15) is 93.4 Å². The SMILES string of the molecule is COC[C@@H]1C(=O)NCC(=O)N2NCCCC2C(=O)N(O)[C@H](C)C(=O)O[C@@H](C(C)C)[C@H](NC(=O)[C@](C)(O)[C@]2(O)CC[C@@H](CC(C)C)[C@H](C)O2)C(=O)N2NCCCC2C(=O)N1O. The van der Waals surface area contributed by atoms with Crippen LogP contribution < -0.4 is 21.5 Å². The smallest absolute Gasteiger partial charge is 0.331 e. The Kier molecular flexibility index (Phi) is 16.4. The Morgan fingerprint density at radius 3 is 2.08 bits per heavy atom. The molecule has 0 aromatic carbocycles. The molecule has 0 aromatic heterocycles. The van der Waals surface area contributed by atoms with Crippen molar-refractivity contribution in [2.45, 2.75) is 147 Å². The molecule has 4 aliphatic rings. The van der Waals surface area contributed by atoms with Crippen molar-refractivity contribution < 1.29 is 68.4 Å². The summed E-state index contributed by atoms with van der Waals surface area (Å²) in [6, 6.07) is -8.32. The van der Waals surface area contributed by atoms with Gasteiger partial charge in [-0.15, -0.1) is 0 Å². The summed E-state index contributed by atoms with van der Waals surface area (Å²) in [5.41, 5.74) is 2.83. The van der Waals surface area contributed by atoms with Crippen LogP contribution in [0.15, 0.2) is 0 Å². The molecule has 4 aliphatic heterocycles. The Morgan fingerprint density at radius 2 is 1.52 bits per heavy atom. The van der Waals surface area contributed by atoms with Crippen LogP contribution in [0.25, 0.3) is 0 Å². The first-order valence-corrected chi connectivity index (χ1v) is 20.6. The van der Waals surface area contributed by atoms with Crippen molar-refractivity contribution in [2.24, 2.45) is 17.8 Å².